The Kier molecular flexibility index (Phi) is 19.4. The number of ether oxygens (including phenoxy) is 3. The molecular formula is C53H65N7O8. The molecule has 4 N–H and O–H groups in total. The number of phenolic OH excluding ortho intramolecular Hbond substituents is 1. The van der Waals surface area contributed by atoms with E-state index in [1.807, 2.05) is 37.4 Å². The van der Waals surface area contributed by atoms with Gasteiger partial charge in [0, 0.05) is 86.0 Å². The molecule has 4 aromatic carbocycles. The van der Waals surface area contributed by atoms with E-state index in [0.717, 1.165) is 43.6 Å². The fourth-order valence-electron chi connectivity index (χ4n) is 7.96. The lowest BCUT2D eigenvalue weighted by atomic mass is 9.87. The van der Waals surface area contributed by atoms with E-state index in [0.29, 0.717) is 105 Å². The van der Waals surface area contributed by atoms with Crippen LogP contribution < -0.4 is 20.9 Å². The molecule has 6 rings (SSSR count). The number of aromatic hydroxyl groups is 1. The molecule has 1 heterocycles. The van der Waals surface area contributed by atoms with Crippen molar-refractivity contribution in [3.8, 4) is 17.0 Å². The van der Waals surface area contributed by atoms with E-state index in [1.165, 1.54) is 17.7 Å². The third kappa shape index (κ3) is 14.7. The maximum atomic E-state index is 13.9. The van der Waals surface area contributed by atoms with Crippen LogP contribution >= 0.6 is 0 Å². The van der Waals surface area contributed by atoms with Crippen LogP contribution in [0, 0.1) is 0 Å². The highest BCUT2D eigenvalue weighted by Gasteiger charge is 2.23. The Hall–Kier alpha value is -6.65. The zero-order valence-corrected chi connectivity index (χ0v) is 39.7. The highest BCUT2D eigenvalue weighted by molar-refractivity contribution is 6.08. The summed E-state index contributed by atoms with van der Waals surface area (Å²) in [5, 5.41) is 18.4. The number of anilines is 2. The number of nitrogens with zero attached hydrogens (tertiary/aromatic N) is 4. The maximum Gasteiger partial charge on any atom is 0.255 e. The van der Waals surface area contributed by atoms with Crippen molar-refractivity contribution in [2.24, 2.45) is 0 Å². The number of carbonyl (C=O) groups is 4. The smallest absolute Gasteiger partial charge is 0.255 e. The molecule has 15 nitrogen and oxygen atoms in total. The van der Waals surface area contributed by atoms with Crippen LogP contribution in [0.1, 0.15) is 85.3 Å². The van der Waals surface area contributed by atoms with E-state index < -0.39 is 0 Å². The number of aromatic nitrogens is 1. The number of rotatable bonds is 25. The molecule has 1 atom stereocenters. The predicted octanol–water partition coefficient (Wildman–Crippen LogP) is 6.84. The van der Waals surface area contributed by atoms with Crippen molar-refractivity contribution >= 4 is 35.0 Å². The first-order valence-electron chi connectivity index (χ1n) is 23.4. The number of aryl methyl sites for hydroxylation is 1. The fourth-order valence-corrected chi connectivity index (χ4v) is 7.96. The van der Waals surface area contributed by atoms with E-state index in [9.17, 15) is 24.3 Å². The van der Waals surface area contributed by atoms with E-state index >= 15 is 0 Å². The van der Waals surface area contributed by atoms with Gasteiger partial charge in [-0.2, -0.15) is 0 Å². The van der Waals surface area contributed by atoms with Crippen molar-refractivity contribution in [3.05, 3.63) is 143 Å². The Bertz CT molecular complexity index is 2440. The molecule has 1 aromatic heterocycles. The molecule has 0 saturated heterocycles. The third-order valence-electron chi connectivity index (χ3n) is 11.9. The largest absolute Gasteiger partial charge is 0.508 e. The molecule has 0 saturated carbocycles. The molecule has 0 aliphatic heterocycles. The number of phenols is 1. The quantitative estimate of drug-likeness (QED) is 0.0451. The van der Waals surface area contributed by atoms with Crippen molar-refractivity contribution in [3.63, 3.8) is 0 Å². The van der Waals surface area contributed by atoms with Gasteiger partial charge in [0.2, 0.25) is 0 Å². The summed E-state index contributed by atoms with van der Waals surface area (Å²) in [4.78, 5) is 63.9. The summed E-state index contributed by atoms with van der Waals surface area (Å²) in [7, 11) is 3.71. The maximum absolute atomic E-state index is 13.9. The zero-order valence-electron chi connectivity index (χ0n) is 39.7. The van der Waals surface area contributed by atoms with Gasteiger partial charge in [0.05, 0.1) is 57.1 Å². The van der Waals surface area contributed by atoms with Crippen LogP contribution in [0.4, 0.5) is 11.4 Å². The molecule has 5 aromatic rings. The topological polar surface area (TPSA) is 175 Å². The number of nitrogens with one attached hydrogen (secondary N) is 3. The Balaban J connectivity index is 0.948. The van der Waals surface area contributed by atoms with Gasteiger partial charge in [-0.25, -0.2) is 0 Å². The lowest BCUT2D eigenvalue weighted by Gasteiger charge is -2.26. The lowest BCUT2D eigenvalue weighted by molar-refractivity contribution is 0.0119. The molecule has 360 valence electrons. The summed E-state index contributed by atoms with van der Waals surface area (Å²) in [6.45, 7) is 10.3. The van der Waals surface area contributed by atoms with E-state index in [4.69, 9.17) is 14.2 Å². The van der Waals surface area contributed by atoms with Crippen molar-refractivity contribution in [2.75, 3.05) is 103 Å². The normalized spacial score (nSPS) is 13.1. The Morgan fingerprint density at radius 2 is 1.40 bits per heavy atom. The number of pyridine rings is 1. The standard InChI is InChI=1S/C53H65N7O8/c1-5-60(6-2)43-19-22-48(46(37-43)49-36-41(23-24-54-49)52(64)56-47-16-10-12-38-11-7-8-15-45(38)47)57-51(63)40-13-9-14-42(35-40)53(65)59(4)27-26-58(3)28-30-67-32-34-68-33-31-66-29-25-55-50(62)39-17-20-44(61)21-18-39/h7-9,11,13-15,17-24,35-37,47,61H,5-6,10,12,16,25-34H2,1-4H3,(H,55,62)(H,56,64)(H,57,63). The Labute approximate surface area is 399 Å². The molecule has 15 heteroatoms. The summed E-state index contributed by atoms with van der Waals surface area (Å²) in [6.07, 6.45) is 4.50. The van der Waals surface area contributed by atoms with Crippen LogP contribution in [0.15, 0.2) is 109 Å². The highest BCUT2D eigenvalue weighted by atomic mass is 16.5. The molecule has 4 amide bonds. The summed E-state index contributed by atoms with van der Waals surface area (Å²) >= 11 is 0. The molecule has 0 bridgehead atoms. The van der Waals surface area contributed by atoms with Crippen molar-refractivity contribution < 1.29 is 38.5 Å². The van der Waals surface area contributed by atoms with Crippen LogP contribution in [0.5, 0.6) is 5.75 Å². The second kappa shape index (κ2) is 26.0. The average molecular weight is 928 g/mol. The number of amides is 4. The molecular weight excluding hydrogens is 863 g/mol. The number of carbonyl (C=O) groups excluding carboxylic acids is 4. The number of fused-ring (bicyclic) bond motifs is 1. The SMILES string of the molecule is CCN(CC)c1ccc(NC(=O)c2cccc(C(=O)N(C)CCN(C)CCOCCOCCOCCNC(=O)c3ccc(O)cc3)c2)c(-c2cc(C(=O)NC3CCCc4ccccc43)ccn2)c1. The van der Waals surface area contributed by atoms with Gasteiger partial charge in [-0.05, 0) is 124 Å². The van der Waals surface area contributed by atoms with E-state index in [-0.39, 0.29) is 35.4 Å². The van der Waals surface area contributed by atoms with Crippen LogP contribution in [0.25, 0.3) is 11.3 Å². The minimum Gasteiger partial charge on any atom is -0.508 e. The molecule has 1 aliphatic rings. The van der Waals surface area contributed by atoms with Gasteiger partial charge in [-0.15, -0.1) is 0 Å². The number of hydrogen-bond donors (Lipinski definition) is 4. The summed E-state index contributed by atoms with van der Waals surface area (Å²) in [6, 6.07) is 30.2. The number of benzene rings is 4. The fraction of sp³-hybridized carbons (Fsp3) is 0.377. The Morgan fingerprint density at radius 3 is 2.16 bits per heavy atom. The first-order chi connectivity index (χ1) is 33.0. The van der Waals surface area contributed by atoms with E-state index in [2.05, 4.69) is 56.7 Å². The summed E-state index contributed by atoms with van der Waals surface area (Å²) in [5.41, 5.74) is 6.80. The van der Waals surface area contributed by atoms with Gasteiger partial charge >= 0.3 is 0 Å². The molecule has 0 fully saturated rings. The first kappa shape index (κ1) is 50.8. The van der Waals surface area contributed by atoms with Crippen molar-refractivity contribution in [1.82, 2.24) is 25.4 Å². The molecule has 1 unspecified atom stereocenters. The van der Waals surface area contributed by atoms with Gasteiger partial charge in [0.25, 0.3) is 23.6 Å². The molecule has 0 radical (unpaired) electrons. The van der Waals surface area contributed by atoms with Gasteiger partial charge in [-0.1, -0.05) is 30.3 Å². The average Bonchev–Trinajstić information content (AvgIpc) is 3.36. The van der Waals surface area contributed by atoms with Crippen LogP contribution in [-0.4, -0.2) is 137 Å². The van der Waals surface area contributed by atoms with Crippen LogP contribution in [0.2, 0.25) is 0 Å². The molecule has 0 spiro atoms. The minimum atomic E-state index is -0.381. The van der Waals surface area contributed by atoms with Gasteiger partial charge in [0.15, 0.2) is 0 Å². The van der Waals surface area contributed by atoms with Crippen molar-refractivity contribution in [2.45, 2.75) is 39.2 Å². The third-order valence-corrected chi connectivity index (χ3v) is 11.9. The number of hydrogen-bond acceptors (Lipinski definition) is 11. The van der Waals surface area contributed by atoms with Gasteiger partial charge in [0.1, 0.15) is 5.75 Å². The molecule has 1 aliphatic carbocycles. The first-order valence-corrected chi connectivity index (χ1v) is 23.4. The van der Waals surface area contributed by atoms with E-state index in [1.54, 1.807) is 66.7 Å². The second-order valence-corrected chi connectivity index (χ2v) is 16.7. The number of likely N-dealkylation sites (N-methyl/N-ethyl adjacent to an activating group) is 2. The van der Waals surface area contributed by atoms with Crippen LogP contribution in [0.3, 0.4) is 0 Å². The Morgan fingerprint density at radius 1 is 0.691 bits per heavy atom. The van der Waals surface area contributed by atoms with Gasteiger partial charge < -0.3 is 50.0 Å². The van der Waals surface area contributed by atoms with Crippen LogP contribution in [-0.2, 0) is 20.6 Å². The lowest BCUT2D eigenvalue weighted by Crippen LogP contribution is -2.36. The minimum absolute atomic E-state index is 0.0720. The van der Waals surface area contributed by atoms with Gasteiger partial charge in [-0.3, -0.25) is 24.2 Å². The summed E-state index contributed by atoms with van der Waals surface area (Å²) < 4.78 is 16.8. The highest BCUT2D eigenvalue weighted by Crippen LogP contribution is 2.33. The molecule has 68 heavy (non-hydrogen) atoms. The predicted molar refractivity (Wildman–Crippen MR) is 265 cm³/mol. The summed E-state index contributed by atoms with van der Waals surface area (Å²) in [5.74, 6) is -0.894. The zero-order chi connectivity index (χ0) is 48.3. The van der Waals surface area contributed by atoms with Crippen molar-refractivity contribution in [1.29, 1.82) is 0 Å². The monoisotopic (exact) mass is 927 g/mol. The second-order valence-electron chi connectivity index (χ2n) is 16.7.